The highest BCUT2D eigenvalue weighted by molar-refractivity contribution is 7.89. The van der Waals surface area contributed by atoms with Gasteiger partial charge in [0.25, 0.3) is 0 Å². The predicted molar refractivity (Wildman–Crippen MR) is 172 cm³/mol. The van der Waals surface area contributed by atoms with Crippen molar-refractivity contribution < 1.29 is 18.3 Å². The first kappa shape index (κ1) is 30.0. The Hall–Kier alpha value is -3.02. The van der Waals surface area contributed by atoms with E-state index in [1.807, 2.05) is 0 Å². The summed E-state index contributed by atoms with van der Waals surface area (Å²) in [5.74, 6) is 0.272. The molecule has 1 aliphatic carbocycles. The lowest BCUT2D eigenvalue weighted by Gasteiger charge is -2.35. The van der Waals surface area contributed by atoms with Crippen LogP contribution in [0.5, 0.6) is 0 Å². The number of benzene rings is 3. The highest BCUT2D eigenvalue weighted by atomic mass is 35.5. The van der Waals surface area contributed by atoms with E-state index in [4.69, 9.17) is 16.0 Å². The molecule has 1 atom stereocenters. The van der Waals surface area contributed by atoms with Crippen molar-refractivity contribution in [3.63, 3.8) is 0 Å². The van der Waals surface area contributed by atoms with E-state index in [0.29, 0.717) is 30.7 Å². The summed E-state index contributed by atoms with van der Waals surface area (Å²) < 4.78 is 34.9. The molecule has 1 unspecified atom stereocenters. The quantitative estimate of drug-likeness (QED) is 0.247. The number of aromatic nitrogens is 1. The van der Waals surface area contributed by atoms with Crippen LogP contribution in [0.15, 0.2) is 65.6 Å². The van der Waals surface area contributed by atoms with Gasteiger partial charge < -0.3 is 10.0 Å². The van der Waals surface area contributed by atoms with Gasteiger partial charge in [-0.25, -0.2) is 13.1 Å². The van der Waals surface area contributed by atoms with E-state index in [1.54, 1.807) is 23.7 Å². The fourth-order valence-electron chi connectivity index (χ4n) is 6.24. The molecule has 11 heteroatoms. The summed E-state index contributed by atoms with van der Waals surface area (Å²) in [6.07, 6.45) is 3.37. The van der Waals surface area contributed by atoms with Gasteiger partial charge in [0.05, 0.1) is 9.60 Å². The van der Waals surface area contributed by atoms with Crippen LogP contribution in [0, 0.1) is 0 Å². The van der Waals surface area contributed by atoms with Gasteiger partial charge in [0.2, 0.25) is 10.0 Å². The lowest BCUT2D eigenvalue weighted by molar-refractivity contribution is -0.136. The Kier molecular flexibility index (Phi) is 9.02. The van der Waals surface area contributed by atoms with E-state index in [1.165, 1.54) is 33.3 Å². The number of piperazine rings is 1. The molecular formula is C32H35ClN4O4S2. The molecule has 1 fully saturated rings. The van der Waals surface area contributed by atoms with Crippen LogP contribution in [0.4, 0.5) is 5.82 Å². The molecule has 43 heavy (non-hydrogen) atoms. The molecule has 3 aromatic carbocycles. The first-order valence-electron chi connectivity index (χ1n) is 14.7. The number of fused-ring (bicyclic) bond motifs is 2. The molecule has 0 bridgehead atoms. The summed E-state index contributed by atoms with van der Waals surface area (Å²) in [5.41, 5.74) is 4.55. The molecule has 0 radical (unpaired) electrons. The molecule has 1 saturated heterocycles. The van der Waals surface area contributed by atoms with Crippen LogP contribution >= 0.6 is 23.1 Å². The minimum Gasteiger partial charge on any atom is -0.481 e. The number of sulfonamides is 1. The van der Waals surface area contributed by atoms with Gasteiger partial charge in [-0.15, -0.1) is 0 Å². The maximum absolute atomic E-state index is 13.0. The van der Waals surface area contributed by atoms with Crippen molar-refractivity contribution in [2.75, 3.05) is 37.6 Å². The number of aryl methyl sites for hydroxylation is 1. The van der Waals surface area contributed by atoms with Crippen molar-refractivity contribution in [3.05, 3.63) is 87.9 Å². The minimum atomic E-state index is -3.68. The number of nitrogens with zero attached hydrogens (tertiary/aromatic N) is 3. The maximum atomic E-state index is 13.0. The number of carboxylic acids is 1. The zero-order valence-electron chi connectivity index (χ0n) is 23.8. The number of hydrogen-bond donors (Lipinski definition) is 2. The molecule has 0 saturated carbocycles. The van der Waals surface area contributed by atoms with Gasteiger partial charge in [-0.2, -0.15) is 4.37 Å². The highest BCUT2D eigenvalue weighted by Crippen LogP contribution is 2.31. The number of carbonyl (C=O) groups is 1. The number of anilines is 1. The molecular weight excluding hydrogens is 604 g/mol. The molecule has 0 amide bonds. The molecule has 2 aliphatic rings. The van der Waals surface area contributed by atoms with Crippen LogP contribution in [0.25, 0.3) is 10.1 Å². The van der Waals surface area contributed by atoms with Crippen molar-refractivity contribution in [1.29, 1.82) is 0 Å². The van der Waals surface area contributed by atoms with E-state index in [2.05, 4.69) is 50.9 Å². The summed E-state index contributed by atoms with van der Waals surface area (Å²) in [6, 6.07) is 18.7. The van der Waals surface area contributed by atoms with E-state index in [0.717, 1.165) is 56.1 Å². The monoisotopic (exact) mass is 638 g/mol. The van der Waals surface area contributed by atoms with E-state index in [9.17, 15) is 18.3 Å². The third-order valence-corrected chi connectivity index (χ3v) is 11.1. The molecule has 1 aliphatic heterocycles. The van der Waals surface area contributed by atoms with Gasteiger partial charge in [-0.05, 0) is 102 Å². The van der Waals surface area contributed by atoms with Crippen LogP contribution < -0.4 is 9.62 Å². The van der Waals surface area contributed by atoms with Crippen LogP contribution in [0.2, 0.25) is 5.02 Å². The Morgan fingerprint density at radius 1 is 1.05 bits per heavy atom. The number of rotatable bonds is 10. The Morgan fingerprint density at radius 3 is 2.58 bits per heavy atom. The Labute approximate surface area is 261 Å². The smallest absolute Gasteiger partial charge is 0.303 e. The average molecular weight is 639 g/mol. The summed E-state index contributed by atoms with van der Waals surface area (Å²) in [6.45, 7) is 4.68. The zero-order chi connectivity index (χ0) is 30.0. The predicted octanol–water partition coefficient (Wildman–Crippen LogP) is 5.17. The second-order valence-corrected chi connectivity index (χ2v) is 14.3. The van der Waals surface area contributed by atoms with E-state index < -0.39 is 16.0 Å². The normalized spacial score (nSPS) is 17.7. The van der Waals surface area contributed by atoms with Crippen LogP contribution in [0.1, 0.15) is 35.1 Å². The SMILES string of the molecule is O=C(O)CCc1cc(CCN2CCN(c3nsc4ccccc34)CC2)cc2c1CCC(NS(=O)(=O)c1ccc(Cl)cc1)C2. The van der Waals surface area contributed by atoms with Gasteiger partial charge in [0.1, 0.15) is 5.82 Å². The fourth-order valence-corrected chi connectivity index (χ4v) is 8.43. The van der Waals surface area contributed by atoms with Crippen molar-refractivity contribution in [3.8, 4) is 0 Å². The third-order valence-electron chi connectivity index (χ3n) is 8.50. The maximum Gasteiger partial charge on any atom is 0.303 e. The van der Waals surface area contributed by atoms with Crippen LogP contribution in [-0.4, -0.2) is 67.5 Å². The van der Waals surface area contributed by atoms with Gasteiger partial charge in [0, 0.05) is 55.6 Å². The minimum absolute atomic E-state index is 0.0791. The van der Waals surface area contributed by atoms with Gasteiger partial charge in [-0.1, -0.05) is 35.9 Å². The van der Waals surface area contributed by atoms with Gasteiger partial charge >= 0.3 is 5.97 Å². The largest absolute Gasteiger partial charge is 0.481 e. The Morgan fingerprint density at radius 2 is 1.81 bits per heavy atom. The van der Waals surface area contributed by atoms with Crippen molar-refractivity contribution in [2.24, 2.45) is 0 Å². The molecule has 2 heterocycles. The number of carboxylic acid groups (broad SMARTS) is 1. The Bertz CT molecular complexity index is 1720. The second kappa shape index (κ2) is 12.9. The lowest BCUT2D eigenvalue weighted by atomic mass is 9.83. The molecule has 0 spiro atoms. The van der Waals surface area contributed by atoms with Gasteiger partial charge in [-0.3, -0.25) is 9.69 Å². The zero-order valence-corrected chi connectivity index (χ0v) is 26.2. The molecule has 2 N–H and O–H groups in total. The summed E-state index contributed by atoms with van der Waals surface area (Å²) >= 11 is 7.50. The fraction of sp³-hybridized carbons (Fsp3) is 0.375. The number of nitrogens with one attached hydrogen (secondary N) is 1. The van der Waals surface area contributed by atoms with Gasteiger partial charge in [0.15, 0.2) is 0 Å². The molecule has 1 aromatic heterocycles. The summed E-state index contributed by atoms with van der Waals surface area (Å²) in [7, 11) is -3.68. The summed E-state index contributed by atoms with van der Waals surface area (Å²) in [4.78, 5) is 16.5. The number of hydrogen-bond acceptors (Lipinski definition) is 7. The molecule has 8 nitrogen and oxygen atoms in total. The first-order chi connectivity index (χ1) is 20.7. The number of halogens is 1. The number of aliphatic carboxylic acids is 1. The van der Waals surface area contributed by atoms with Crippen molar-refractivity contribution in [2.45, 2.75) is 49.5 Å². The van der Waals surface area contributed by atoms with Crippen LogP contribution in [0.3, 0.4) is 0 Å². The van der Waals surface area contributed by atoms with E-state index >= 15 is 0 Å². The second-order valence-electron chi connectivity index (χ2n) is 11.4. The standard InChI is InChI=1S/C32H35ClN4O4S2/c33-25-6-9-27(10-7-25)43(40,41)35-26-8-11-28-23(5-12-31(38)39)19-22(20-24(28)21-26)13-14-36-15-17-37(18-16-36)32-29-3-1-2-4-30(29)42-34-32/h1-4,6-7,9-10,19-20,26,35H,5,8,11-18,21H2,(H,38,39). The average Bonchev–Trinajstić information content (AvgIpc) is 3.43. The van der Waals surface area contributed by atoms with Crippen molar-refractivity contribution in [1.82, 2.24) is 14.0 Å². The molecule has 6 rings (SSSR count). The lowest BCUT2D eigenvalue weighted by Crippen LogP contribution is -2.47. The van der Waals surface area contributed by atoms with Crippen molar-refractivity contribution >= 4 is 55.0 Å². The molecule has 4 aromatic rings. The topological polar surface area (TPSA) is 103 Å². The third kappa shape index (κ3) is 7.05. The van der Waals surface area contributed by atoms with E-state index in [-0.39, 0.29) is 17.4 Å². The molecule has 226 valence electrons. The summed E-state index contributed by atoms with van der Waals surface area (Å²) in [5, 5.41) is 11.1. The highest BCUT2D eigenvalue weighted by Gasteiger charge is 2.27. The van der Waals surface area contributed by atoms with Crippen LogP contribution in [-0.2, 0) is 40.5 Å². The first-order valence-corrected chi connectivity index (χ1v) is 17.3. The Balaban J connectivity index is 1.12.